The summed E-state index contributed by atoms with van der Waals surface area (Å²) >= 11 is 1.94. The third-order valence-corrected chi connectivity index (χ3v) is 7.57. The monoisotopic (exact) mass is 469 g/mol. The number of rotatable bonds is 7. The van der Waals surface area contributed by atoms with Crippen LogP contribution in [0.15, 0.2) is 89.3 Å². The summed E-state index contributed by atoms with van der Waals surface area (Å²) < 4.78 is 11.7. The van der Waals surface area contributed by atoms with Crippen LogP contribution in [0.25, 0.3) is 22.6 Å². The molecule has 0 N–H and O–H groups in total. The Kier molecular flexibility index (Phi) is 6.82. The van der Waals surface area contributed by atoms with Gasteiger partial charge in [0.15, 0.2) is 5.76 Å². The zero-order valence-corrected chi connectivity index (χ0v) is 20.0. The van der Waals surface area contributed by atoms with Crippen LogP contribution in [-0.2, 0) is 11.2 Å². The van der Waals surface area contributed by atoms with E-state index in [0.717, 1.165) is 53.5 Å². The fourth-order valence-corrected chi connectivity index (χ4v) is 6.00. The summed E-state index contributed by atoms with van der Waals surface area (Å²) in [6.07, 6.45) is 3.10. The molecule has 0 bridgehead atoms. The Morgan fingerprint density at radius 1 is 1.00 bits per heavy atom. The van der Waals surface area contributed by atoms with E-state index >= 15 is 0 Å². The molecule has 5 heteroatoms. The Morgan fingerprint density at radius 3 is 2.47 bits per heavy atom. The second-order valence-corrected chi connectivity index (χ2v) is 9.83. The minimum Gasteiger partial charge on any atom is -0.439 e. The first-order valence-corrected chi connectivity index (χ1v) is 12.7. The van der Waals surface area contributed by atoms with Crippen LogP contribution >= 0.6 is 11.8 Å². The molecular formula is C29H27NO3S. The fourth-order valence-electron chi connectivity index (χ4n) is 4.52. The first kappa shape index (κ1) is 22.5. The van der Waals surface area contributed by atoms with Crippen molar-refractivity contribution in [2.24, 2.45) is 5.92 Å². The van der Waals surface area contributed by atoms with Crippen molar-refractivity contribution in [3.8, 4) is 28.3 Å². The number of ether oxygens (including phenoxy) is 1. The van der Waals surface area contributed by atoms with E-state index in [1.165, 1.54) is 12.5 Å². The zero-order valence-electron chi connectivity index (χ0n) is 19.1. The number of thioether (sulfide) groups is 1. The number of hydrogen-bond donors (Lipinski definition) is 0. The molecule has 1 aliphatic heterocycles. The smallest absolute Gasteiger partial charge is 0.308 e. The Morgan fingerprint density at radius 2 is 1.74 bits per heavy atom. The van der Waals surface area contributed by atoms with Crippen LogP contribution < -0.4 is 4.74 Å². The number of oxazole rings is 1. The van der Waals surface area contributed by atoms with E-state index in [1.807, 2.05) is 66.4 Å². The van der Waals surface area contributed by atoms with Crippen molar-refractivity contribution in [3.05, 3.63) is 96.4 Å². The molecule has 3 aromatic carbocycles. The molecule has 4 aromatic rings. The average Bonchev–Trinajstić information content (AvgIpc) is 3.51. The molecule has 1 aromatic heterocycles. The summed E-state index contributed by atoms with van der Waals surface area (Å²) in [5.41, 5.74) is 4.19. The molecule has 2 atom stereocenters. The number of nitrogens with zero attached hydrogens (tertiary/aromatic N) is 1. The molecule has 4 nitrogen and oxygen atoms in total. The molecule has 1 aliphatic rings. The topological polar surface area (TPSA) is 52.3 Å². The maximum atomic E-state index is 11.3. The van der Waals surface area contributed by atoms with Crippen LogP contribution in [0, 0.1) is 5.92 Å². The Balaban J connectivity index is 1.39. The highest BCUT2D eigenvalue weighted by molar-refractivity contribution is 7.99. The quantitative estimate of drug-likeness (QED) is 0.209. The van der Waals surface area contributed by atoms with Gasteiger partial charge in [0.25, 0.3) is 0 Å². The van der Waals surface area contributed by atoms with Gasteiger partial charge >= 0.3 is 5.97 Å². The van der Waals surface area contributed by atoms with Gasteiger partial charge < -0.3 is 9.15 Å². The van der Waals surface area contributed by atoms with Crippen LogP contribution in [-0.4, -0.2) is 16.7 Å². The Hall–Kier alpha value is -3.31. The van der Waals surface area contributed by atoms with Gasteiger partial charge in [-0.05, 0) is 48.6 Å². The minimum atomic E-state index is -0.295. The molecule has 0 saturated carbocycles. The molecule has 1 fully saturated rings. The standard InChI is InChI=1S/C29H27NO3S/c1-20(31)32-25-14-8-9-21(19-25)15-16-24-17-18-34-28(24)29-30-26(22-10-4-2-5-11-22)27(33-29)23-12-6-3-7-13-23/h2-14,19,24,28H,15-18H2,1H3. The van der Waals surface area contributed by atoms with Gasteiger partial charge in [-0.15, -0.1) is 11.8 Å². The molecule has 34 heavy (non-hydrogen) atoms. The lowest BCUT2D eigenvalue weighted by molar-refractivity contribution is -0.131. The van der Waals surface area contributed by atoms with Gasteiger partial charge in [-0.2, -0.15) is 0 Å². The summed E-state index contributed by atoms with van der Waals surface area (Å²) in [5, 5.41) is 0.233. The lowest BCUT2D eigenvalue weighted by atomic mass is 9.94. The van der Waals surface area contributed by atoms with E-state index in [2.05, 4.69) is 30.3 Å². The largest absolute Gasteiger partial charge is 0.439 e. The van der Waals surface area contributed by atoms with Gasteiger partial charge in [-0.25, -0.2) is 4.98 Å². The van der Waals surface area contributed by atoms with Gasteiger partial charge in [0.2, 0.25) is 5.89 Å². The molecular weight excluding hydrogens is 442 g/mol. The van der Waals surface area contributed by atoms with E-state index in [-0.39, 0.29) is 11.2 Å². The van der Waals surface area contributed by atoms with Crippen molar-refractivity contribution in [2.75, 3.05) is 5.75 Å². The predicted molar refractivity (Wildman–Crippen MR) is 137 cm³/mol. The van der Waals surface area contributed by atoms with Crippen molar-refractivity contribution in [1.82, 2.24) is 4.98 Å². The van der Waals surface area contributed by atoms with Gasteiger partial charge in [0.05, 0.1) is 5.25 Å². The highest BCUT2D eigenvalue weighted by atomic mass is 32.2. The highest BCUT2D eigenvalue weighted by Gasteiger charge is 2.34. The van der Waals surface area contributed by atoms with Crippen LogP contribution in [0.5, 0.6) is 5.75 Å². The van der Waals surface area contributed by atoms with Crippen molar-refractivity contribution >= 4 is 17.7 Å². The van der Waals surface area contributed by atoms with E-state index < -0.39 is 0 Å². The number of benzene rings is 3. The van der Waals surface area contributed by atoms with Crippen LogP contribution in [0.4, 0.5) is 0 Å². The van der Waals surface area contributed by atoms with Crippen LogP contribution in [0.1, 0.15) is 36.5 Å². The molecule has 172 valence electrons. The predicted octanol–water partition coefficient (Wildman–Crippen LogP) is 7.36. The number of hydrogen-bond acceptors (Lipinski definition) is 5. The fraction of sp³-hybridized carbons (Fsp3) is 0.241. The van der Waals surface area contributed by atoms with E-state index in [0.29, 0.717) is 11.7 Å². The van der Waals surface area contributed by atoms with E-state index in [4.69, 9.17) is 14.1 Å². The maximum absolute atomic E-state index is 11.3. The SMILES string of the molecule is CC(=O)Oc1cccc(CCC2CCSC2c2nc(-c3ccccc3)c(-c3ccccc3)o2)c1. The molecule has 2 heterocycles. The first-order valence-electron chi connectivity index (χ1n) is 11.7. The third-order valence-electron chi connectivity index (χ3n) is 6.15. The molecule has 0 aliphatic carbocycles. The lowest BCUT2D eigenvalue weighted by Crippen LogP contribution is -2.07. The van der Waals surface area contributed by atoms with Crippen molar-refractivity contribution in [3.63, 3.8) is 0 Å². The van der Waals surface area contributed by atoms with Gasteiger partial charge in [-0.1, -0.05) is 72.8 Å². The normalized spacial score (nSPS) is 17.6. The molecule has 0 radical (unpaired) electrons. The summed E-state index contributed by atoms with van der Waals surface area (Å²) in [5.74, 6) is 3.55. The summed E-state index contributed by atoms with van der Waals surface area (Å²) in [6, 6.07) is 28.3. The van der Waals surface area contributed by atoms with Crippen molar-refractivity contribution < 1.29 is 13.9 Å². The number of carbonyl (C=O) groups is 1. The van der Waals surface area contributed by atoms with Gasteiger partial charge in [-0.3, -0.25) is 4.79 Å². The molecule has 2 unspecified atom stereocenters. The summed E-state index contributed by atoms with van der Waals surface area (Å²) in [6.45, 7) is 1.43. The average molecular weight is 470 g/mol. The number of aromatic nitrogens is 1. The number of aryl methyl sites for hydroxylation is 1. The lowest BCUT2D eigenvalue weighted by Gasteiger charge is -2.16. The van der Waals surface area contributed by atoms with Crippen molar-refractivity contribution in [2.45, 2.75) is 31.4 Å². The molecule has 1 saturated heterocycles. The Bertz CT molecular complexity index is 1200. The molecule has 0 amide bonds. The van der Waals surface area contributed by atoms with Gasteiger partial charge in [0, 0.05) is 18.1 Å². The summed E-state index contributed by atoms with van der Waals surface area (Å²) in [7, 11) is 0. The summed E-state index contributed by atoms with van der Waals surface area (Å²) in [4.78, 5) is 16.3. The zero-order chi connectivity index (χ0) is 23.3. The number of carbonyl (C=O) groups excluding carboxylic acids is 1. The van der Waals surface area contributed by atoms with Crippen LogP contribution in [0.2, 0.25) is 0 Å². The third kappa shape index (κ3) is 5.10. The minimum absolute atomic E-state index is 0.233. The van der Waals surface area contributed by atoms with E-state index in [1.54, 1.807) is 0 Å². The van der Waals surface area contributed by atoms with E-state index in [9.17, 15) is 4.79 Å². The first-order chi connectivity index (χ1) is 16.7. The maximum Gasteiger partial charge on any atom is 0.308 e. The second kappa shape index (κ2) is 10.3. The molecule has 5 rings (SSSR count). The second-order valence-electron chi connectivity index (χ2n) is 8.58. The van der Waals surface area contributed by atoms with Crippen molar-refractivity contribution in [1.29, 1.82) is 0 Å². The van der Waals surface area contributed by atoms with Crippen LogP contribution in [0.3, 0.4) is 0 Å². The Labute approximate surface area is 204 Å². The molecule has 0 spiro atoms. The van der Waals surface area contributed by atoms with Gasteiger partial charge in [0.1, 0.15) is 11.4 Å². The highest BCUT2D eigenvalue weighted by Crippen LogP contribution is 2.48. The number of esters is 1.